The molecule has 1 saturated carbocycles. The summed E-state index contributed by atoms with van der Waals surface area (Å²) in [5, 5.41) is 3.27. The van der Waals surface area contributed by atoms with Crippen LogP contribution in [0.2, 0.25) is 0 Å². The molecular formula is C12H25NO2. The average Bonchev–Trinajstić information content (AvgIpc) is 2.20. The fourth-order valence-corrected chi connectivity index (χ4v) is 2.19. The van der Waals surface area contributed by atoms with Gasteiger partial charge in [-0.1, -0.05) is 13.3 Å². The molecule has 15 heavy (non-hydrogen) atoms. The van der Waals surface area contributed by atoms with Gasteiger partial charge in [0.25, 0.3) is 0 Å². The van der Waals surface area contributed by atoms with Crippen molar-refractivity contribution in [3.63, 3.8) is 0 Å². The van der Waals surface area contributed by atoms with Gasteiger partial charge in [-0.3, -0.25) is 0 Å². The molecule has 1 aliphatic rings. The minimum Gasteiger partial charge on any atom is -0.374 e. The Morgan fingerprint density at radius 3 is 2.67 bits per heavy atom. The van der Waals surface area contributed by atoms with Crippen molar-refractivity contribution in [2.45, 2.75) is 64.4 Å². The highest BCUT2D eigenvalue weighted by Crippen LogP contribution is 2.28. The first-order valence-electron chi connectivity index (χ1n) is 6.17. The van der Waals surface area contributed by atoms with Crippen LogP contribution in [0.25, 0.3) is 0 Å². The second kappa shape index (κ2) is 6.46. The average molecular weight is 215 g/mol. The van der Waals surface area contributed by atoms with Gasteiger partial charge in [0.1, 0.15) is 0 Å². The first-order valence-corrected chi connectivity index (χ1v) is 6.17. The molecule has 1 N–H and O–H groups in total. The molecule has 0 aliphatic heterocycles. The first-order chi connectivity index (χ1) is 7.22. The van der Waals surface area contributed by atoms with Crippen LogP contribution in [0.1, 0.15) is 40.0 Å². The second-order valence-corrected chi connectivity index (χ2v) is 4.32. The molecule has 3 nitrogen and oxygen atoms in total. The third kappa shape index (κ3) is 3.44. The van der Waals surface area contributed by atoms with Crippen molar-refractivity contribution >= 4 is 0 Å². The van der Waals surface area contributed by atoms with E-state index in [-0.39, 0.29) is 6.10 Å². The Hall–Kier alpha value is -0.120. The standard InChI is InChI=1S/C12H25NO2/c1-5-7-9(3)15-11-8-10(13-4)12(11)14-6-2/h9-13H,5-8H2,1-4H3. The van der Waals surface area contributed by atoms with Crippen molar-refractivity contribution in [1.29, 1.82) is 0 Å². The molecule has 1 fully saturated rings. The monoisotopic (exact) mass is 215 g/mol. The summed E-state index contributed by atoms with van der Waals surface area (Å²) in [6, 6.07) is 0.476. The summed E-state index contributed by atoms with van der Waals surface area (Å²) in [6.07, 6.45) is 4.31. The molecule has 0 aromatic carbocycles. The summed E-state index contributed by atoms with van der Waals surface area (Å²) in [5.41, 5.74) is 0. The quantitative estimate of drug-likeness (QED) is 0.704. The summed E-state index contributed by atoms with van der Waals surface area (Å²) < 4.78 is 11.6. The van der Waals surface area contributed by atoms with Crippen molar-refractivity contribution in [1.82, 2.24) is 5.32 Å². The number of rotatable bonds is 7. The topological polar surface area (TPSA) is 30.5 Å². The molecule has 4 unspecified atom stereocenters. The minimum atomic E-state index is 0.249. The summed E-state index contributed by atoms with van der Waals surface area (Å²) >= 11 is 0. The molecule has 0 saturated heterocycles. The molecule has 0 aromatic rings. The van der Waals surface area contributed by atoms with E-state index in [4.69, 9.17) is 9.47 Å². The Bertz CT molecular complexity index is 175. The predicted octanol–water partition coefficient (Wildman–Crippen LogP) is 1.96. The van der Waals surface area contributed by atoms with E-state index in [9.17, 15) is 0 Å². The van der Waals surface area contributed by atoms with Crippen molar-refractivity contribution in [3.05, 3.63) is 0 Å². The van der Waals surface area contributed by atoms with Crippen LogP contribution in [-0.4, -0.2) is 38.0 Å². The molecule has 0 heterocycles. The van der Waals surface area contributed by atoms with Gasteiger partial charge < -0.3 is 14.8 Å². The number of nitrogens with one attached hydrogen (secondary N) is 1. The summed E-state index contributed by atoms with van der Waals surface area (Å²) in [5.74, 6) is 0. The van der Waals surface area contributed by atoms with E-state index in [1.807, 2.05) is 14.0 Å². The lowest BCUT2D eigenvalue weighted by atomic mass is 9.85. The zero-order valence-corrected chi connectivity index (χ0v) is 10.5. The molecule has 4 atom stereocenters. The van der Waals surface area contributed by atoms with E-state index in [2.05, 4.69) is 19.2 Å². The van der Waals surface area contributed by atoms with Crippen LogP contribution >= 0.6 is 0 Å². The van der Waals surface area contributed by atoms with Crippen LogP contribution in [0.4, 0.5) is 0 Å². The zero-order valence-electron chi connectivity index (χ0n) is 10.5. The maximum Gasteiger partial charge on any atom is 0.0990 e. The van der Waals surface area contributed by atoms with Crippen LogP contribution in [0.3, 0.4) is 0 Å². The lowest BCUT2D eigenvalue weighted by Gasteiger charge is -2.44. The molecule has 0 amide bonds. The number of hydrogen-bond donors (Lipinski definition) is 1. The summed E-state index contributed by atoms with van der Waals surface area (Å²) in [4.78, 5) is 0. The van der Waals surface area contributed by atoms with E-state index >= 15 is 0 Å². The van der Waals surface area contributed by atoms with Gasteiger partial charge in [-0.2, -0.15) is 0 Å². The van der Waals surface area contributed by atoms with Gasteiger partial charge in [-0.25, -0.2) is 0 Å². The Morgan fingerprint density at radius 2 is 2.13 bits per heavy atom. The lowest BCUT2D eigenvalue weighted by molar-refractivity contribution is -0.162. The molecule has 1 aliphatic carbocycles. The number of ether oxygens (including phenoxy) is 2. The van der Waals surface area contributed by atoms with Crippen molar-refractivity contribution in [2.75, 3.05) is 13.7 Å². The molecule has 0 spiro atoms. The van der Waals surface area contributed by atoms with Crippen LogP contribution in [0.15, 0.2) is 0 Å². The SMILES string of the molecule is CCCC(C)OC1CC(NC)C1OCC. The van der Waals surface area contributed by atoms with Crippen LogP contribution in [0.5, 0.6) is 0 Å². The fourth-order valence-electron chi connectivity index (χ4n) is 2.19. The smallest absolute Gasteiger partial charge is 0.0990 e. The molecule has 0 bridgehead atoms. The predicted molar refractivity (Wildman–Crippen MR) is 62.1 cm³/mol. The first kappa shape index (κ1) is 12.9. The van der Waals surface area contributed by atoms with E-state index in [0.717, 1.165) is 19.4 Å². The van der Waals surface area contributed by atoms with E-state index < -0.39 is 0 Å². The molecule has 0 radical (unpaired) electrons. The van der Waals surface area contributed by atoms with Crippen molar-refractivity contribution in [3.8, 4) is 0 Å². The van der Waals surface area contributed by atoms with E-state index in [0.29, 0.717) is 18.2 Å². The number of hydrogen-bond acceptors (Lipinski definition) is 3. The number of likely N-dealkylation sites (N-methyl/N-ethyl adjacent to an activating group) is 1. The Kier molecular flexibility index (Phi) is 5.58. The third-order valence-corrected chi connectivity index (χ3v) is 3.08. The van der Waals surface area contributed by atoms with Gasteiger partial charge in [0.05, 0.1) is 18.3 Å². The maximum absolute atomic E-state index is 5.96. The molecular weight excluding hydrogens is 190 g/mol. The molecule has 90 valence electrons. The normalized spacial score (nSPS) is 32.4. The van der Waals surface area contributed by atoms with Crippen molar-refractivity contribution < 1.29 is 9.47 Å². The molecule has 3 heteroatoms. The highest BCUT2D eigenvalue weighted by Gasteiger charge is 2.42. The van der Waals surface area contributed by atoms with Crippen LogP contribution < -0.4 is 5.32 Å². The van der Waals surface area contributed by atoms with Crippen LogP contribution in [-0.2, 0) is 9.47 Å². The minimum absolute atomic E-state index is 0.249. The van der Waals surface area contributed by atoms with Crippen LogP contribution in [0, 0.1) is 0 Å². The van der Waals surface area contributed by atoms with Gasteiger partial charge in [-0.15, -0.1) is 0 Å². The third-order valence-electron chi connectivity index (χ3n) is 3.08. The second-order valence-electron chi connectivity index (χ2n) is 4.32. The van der Waals surface area contributed by atoms with Gasteiger partial charge in [0, 0.05) is 12.6 Å². The van der Waals surface area contributed by atoms with Crippen molar-refractivity contribution in [2.24, 2.45) is 0 Å². The van der Waals surface area contributed by atoms with E-state index in [1.165, 1.54) is 6.42 Å². The van der Waals surface area contributed by atoms with Gasteiger partial charge in [0.15, 0.2) is 0 Å². The maximum atomic E-state index is 5.96. The zero-order chi connectivity index (χ0) is 11.3. The Morgan fingerprint density at radius 1 is 1.40 bits per heavy atom. The fraction of sp³-hybridized carbons (Fsp3) is 1.00. The van der Waals surface area contributed by atoms with E-state index in [1.54, 1.807) is 0 Å². The Balaban J connectivity index is 2.30. The lowest BCUT2D eigenvalue weighted by Crippen LogP contribution is -2.59. The highest BCUT2D eigenvalue weighted by molar-refractivity contribution is 4.96. The Labute approximate surface area is 93.5 Å². The summed E-state index contributed by atoms with van der Waals surface area (Å²) in [7, 11) is 1.99. The summed E-state index contributed by atoms with van der Waals surface area (Å²) in [6.45, 7) is 7.15. The largest absolute Gasteiger partial charge is 0.374 e. The molecule has 1 rings (SSSR count). The molecule has 0 aromatic heterocycles. The highest BCUT2D eigenvalue weighted by atomic mass is 16.6. The van der Waals surface area contributed by atoms with Gasteiger partial charge in [0.2, 0.25) is 0 Å². The van der Waals surface area contributed by atoms with Gasteiger partial charge >= 0.3 is 0 Å². The van der Waals surface area contributed by atoms with Gasteiger partial charge in [-0.05, 0) is 33.7 Å².